The summed E-state index contributed by atoms with van der Waals surface area (Å²) in [6.07, 6.45) is 0. The van der Waals surface area contributed by atoms with Crippen LogP contribution in [-0.2, 0) is 6.73 Å². The van der Waals surface area contributed by atoms with Crippen molar-refractivity contribution in [2.24, 2.45) is 0 Å². The van der Waals surface area contributed by atoms with Gasteiger partial charge < -0.3 is 10.1 Å². The fraction of sp³-hybridized carbons (Fsp3) is 0.158. The maximum atomic E-state index is 13.8. The molecule has 0 atom stereocenters. The van der Waals surface area contributed by atoms with E-state index in [4.69, 9.17) is 4.74 Å². The highest BCUT2D eigenvalue weighted by Gasteiger charge is 2.19. The summed E-state index contributed by atoms with van der Waals surface area (Å²) in [7, 11) is 0. The number of aryl methyl sites for hydroxylation is 1. The van der Waals surface area contributed by atoms with E-state index in [1.54, 1.807) is 13.8 Å². The maximum absolute atomic E-state index is 13.8. The fourth-order valence-electron chi connectivity index (χ4n) is 2.59. The lowest BCUT2D eigenvalue weighted by Crippen LogP contribution is -2.16. The number of rotatable bonds is 5. The van der Waals surface area contributed by atoms with Crippen molar-refractivity contribution in [2.75, 3.05) is 5.32 Å². The van der Waals surface area contributed by atoms with Gasteiger partial charge in [-0.1, -0.05) is 6.07 Å². The average molecular weight is 393 g/mol. The Labute approximate surface area is 157 Å². The number of anilines is 1. The maximum Gasteiger partial charge on any atom is 0.258 e. The molecule has 1 amide bonds. The first-order valence-corrected chi connectivity index (χ1v) is 8.15. The predicted molar refractivity (Wildman–Crippen MR) is 93.0 cm³/mol. The zero-order valence-electron chi connectivity index (χ0n) is 14.9. The second-order valence-corrected chi connectivity index (χ2v) is 5.95. The third-order valence-electron chi connectivity index (χ3n) is 4.05. The Kier molecular flexibility index (Phi) is 5.34. The minimum absolute atomic E-state index is 0.165. The SMILES string of the molecule is Cc1nn(COc2ccc(F)cc2F)c(C)c1NC(=O)c1cccc(F)c1F. The van der Waals surface area contributed by atoms with E-state index in [2.05, 4.69) is 10.4 Å². The number of benzene rings is 2. The number of aromatic nitrogens is 2. The van der Waals surface area contributed by atoms with Crippen LogP contribution in [0.1, 0.15) is 21.7 Å². The number of hydrogen-bond acceptors (Lipinski definition) is 3. The summed E-state index contributed by atoms with van der Waals surface area (Å²) < 4.78 is 60.3. The molecule has 1 aromatic heterocycles. The first-order valence-electron chi connectivity index (χ1n) is 8.15. The summed E-state index contributed by atoms with van der Waals surface area (Å²) in [6, 6.07) is 6.18. The normalized spacial score (nSPS) is 10.8. The number of carbonyl (C=O) groups is 1. The molecule has 9 heteroatoms. The van der Waals surface area contributed by atoms with Crippen LogP contribution in [0.2, 0.25) is 0 Å². The molecular formula is C19H15F4N3O2. The first-order chi connectivity index (χ1) is 13.3. The van der Waals surface area contributed by atoms with E-state index in [9.17, 15) is 22.4 Å². The molecule has 1 heterocycles. The Morgan fingerprint density at radius 2 is 1.86 bits per heavy atom. The molecule has 3 aromatic rings. The molecule has 0 aliphatic heterocycles. The van der Waals surface area contributed by atoms with Crippen LogP contribution in [0, 0.1) is 37.1 Å². The zero-order valence-corrected chi connectivity index (χ0v) is 14.9. The van der Waals surface area contributed by atoms with E-state index < -0.39 is 34.7 Å². The smallest absolute Gasteiger partial charge is 0.258 e. The molecule has 0 bridgehead atoms. The predicted octanol–water partition coefficient (Wildman–Crippen LogP) is 4.35. The number of hydrogen-bond donors (Lipinski definition) is 1. The van der Waals surface area contributed by atoms with Gasteiger partial charge in [-0.2, -0.15) is 5.10 Å². The summed E-state index contributed by atoms with van der Waals surface area (Å²) in [5, 5.41) is 6.66. The van der Waals surface area contributed by atoms with Gasteiger partial charge in [0.25, 0.3) is 5.91 Å². The highest BCUT2D eigenvalue weighted by molar-refractivity contribution is 6.05. The third-order valence-corrected chi connectivity index (χ3v) is 4.05. The summed E-state index contributed by atoms with van der Waals surface area (Å²) in [5.74, 6) is -4.99. The van der Waals surface area contributed by atoms with Crippen molar-refractivity contribution in [1.29, 1.82) is 0 Å². The highest BCUT2D eigenvalue weighted by atomic mass is 19.2. The minimum atomic E-state index is -1.25. The fourth-order valence-corrected chi connectivity index (χ4v) is 2.59. The van der Waals surface area contributed by atoms with E-state index in [0.29, 0.717) is 17.5 Å². The Hall–Kier alpha value is -3.36. The Morgan fingerprint density at radius 3 is 2.57 bits per heavy atom. The Bertz CT molecular complexity index is 1050. The van der Waals surface area contributed by atoms with Crippen molar-refractivity contribution in [3.63, 3.8) is 0 Å². The summed E-state index contributed by atoms with van der Waals surface area (Å²) >= 11 is 0. The molecule has 0 spiro atoms. The van der Waals surface area contributed by atoms with E-state index >= 15 is 0 Å². The zero-order chi connectivity index (χ0) is 20.4. The second-order valence-electron chi connectivity index (χ2n) is 5.95. The highest BCUT2D eigenvalue weighted by Crippen LogP contribution is 2.23. The van der Waals surface area contributed by atoms with E-state index in [1.165, 1.54) is 10.7 Å². The van der Waals surface area contributed by atoms with Gasteiger partial charge in [-0.05, 0) is 38.1 Å². The van der Waals surface area contributed by atoms with Gasteiger partial charge >= 0.3 is 0 Å². The second kappa shape index (κ2) is 7.71. The molecule has 1 N–H and O–H groups in total. The lowest BCUT2D eigenvalue weighted by atomic mass is 10.2. The molecule has 0 fully saturated rings. The van der Waals surface area contributed by atoms with Crippen LogP contribution in [0.25, 0.3) is 0 Å². The van der Waals surface area contributed by atoms with Crippen molar-refractivity contribution in [3.8, 4) is 5.75 Å². The molecule has 0 saturated carbocycles. The van der Waals surface area contributed by atoms with E-state index in [0.717, 1.165) is 24.3 Å². The van der Waals surface area contributed by atoms with Crippen molar-refractivity contribution >= 4 is 11.6 Å². The molecule has 0 saturated heterocycles. The van der Waals surface area contributed by atoms with Gasteiger partial charge in [-0.25, -0.2) is 22.2 Å². The van der Waals surface area contributed by atoms with Crippen molar-refractivity contribution in [3.05, 3.63) is 76.6 Å². The first kappa shape index (κ1) is 19.4. The van der Waals surface area contributed by atoms with Crippen LogP contribution in [0.5, 0.6) is 5.75 Å². The van der Waals surface area contributed by atoms with Crippen molar-refractivity contribution in [1.82, 2.24) is 9.78 Å². The van der Waals surface area contributed by atoms with Gasteiger partial charge in [-0.3, -0.25) is 4.79 Å². The standard InChI is InChI=1S/C19H15F4N3O2/c1-10-18(24-19(27)13-4-3-5-14(21)17(13)23)11(2)26(25-10)9-28-16-7-6-12(20)8-15(16)22/h3-8H,9H2,1-2H3,(H,24,27). The number of amides is 1. The van der Waals surface area contributed by atoms with Crippen molar-refractivity contribution in [2.45, 2.75) is 20.6 Å². The Balaban J connectivity index is 1.78. The van der Waals surface area contributed by atoms with Gasteiger partial charge in [0.2, 0.25) is 0 Å². The van der Waals surface area contributed by atoms with Crippen LogP contribution in [0.4, 0.5) is 23.2 Å². The quantitative estimate of drug-likeness (QED) is 0.656. The molecule has 0 radical (unpaired) electrons. The lowest BCUT2D eigenvalue weighted by Gasteiger charge is -2.10. The minimum Gasteiger partial charge on any atom is -0.468 e. The number of nitrogens with zero attached hydrogens (tertiary/aromatic N) is 2. The largest absolute Gasteiger partial charge is 0.468 e. The number of carbonyl (C=O) groups excluding carboxylic acids is 1. The molecule has 2 aromatic carbocycles. The summed E-state index contributed by atoms with van der Waals surface area (Å²) in [5.41, 5.74) is 0.684. The molecule has 3 rings (SSSR count). The van der Waals surface area contributed by atoms with Gasteiger partial charge in [0.1, 0.15) is 5.82 Å². The van der Waals surface area contributed by atoms with Gasteiger partial charge in [0, 0.05) is 6.07 Å². The Morgan fingerprint density at radius 1 is 1.11 bits per heavy atom. The molecule has 0 aliphatic carbocycles. The van der Waals surface area contributed by atoms with Crippen LogP contribution in [0.3, 0.4) is 0 Å². The summed E-state index contributed by atoms with van der Waals surface area (Å²) in [6.45, 7) is 3.00. The van der Waals surface area contributed by atoms with Crippen LogP contribution >= 0.6 is 0 Å². The topological polar surface area (TPSA) is 56.1 Å². The lowest BCUT2D eigenvalue weighted by molar-refractivity contribution is 0.102. The van der Waals surface area contributed by atoms with Crippen LogP contribution in [0.15, 0.2) is 36.4 Å². The van der Waals surface area contributed by atoms with Gasteiger partial charge in [0.15, 0.2) is 29.9 Å². The molecule has 0 unspecified atom stereocenters. The molecule has 28 heavy (non-hydrogen) atoms. The van der Waals surface area contributed by atoms with Crippen LogP contribution < -0.4 is 10.1 Å². The van der Waals surface area contributed by atoms with Crippen LogP contribution in [-0.4, -0.2) is 15.7 Å². The van der Waals surface area contributed by atoms with Crippen molar-refractivity contribution < 1.29 is 27.1 Å². The van der Waals surface area contributed by atoms with Gasteiger partial charge in [0.05, 0.1) is 22.6 Å². The molecule has 5 nitrogen and oxygen atoms in total. The number of halogens is 4. The molecular weight excluding hydrogens is 378 g/mol. The monoisotopic (exact) mass is 393 g/mol. The molecule has 0 aliphatic rings. The molecule has 146 valence electrons. The third kappa shape index (κ3) is 3.83. The van der Waals surface area contributed by atoms with Gasteiger partial charge in [-0.15, -0.1) is 0 Å². The number of ether oxygens (including phenoxy) is 1. The van der Waals surface area contributed by atoms with E-state index in [1.807, 2.05) is 0 Å². The number of nitrogens with one attached hydrogen (secondary N) is 1. The van der Waals surface area contributed by atoms with E-state index in [-0.39, 0.29) is 18.2 Å². The average Bonchev–Trinajstić information content (AvgIpc) is 2.90. The summed E-state index contributed by atoms with van der Waals surface area (Å²) in [4.78, 5) is 12.3.